The SMILES string of the molecule is Cc1c2nc3ccccc3oc-2c(-c2ccc(Cl)cc2)c(=O)c1C. The van der Waals surface area contributed by atoms with Crippen LogP contribution in [0.3, 0.4) is 0 Å². The quantitative estimate of drug-likeness (QED) is 0.447. The molecule has 118 valence electrons. The van der Waals surface area contributed by atoms with Crippen LogP contribution in [0, 0.1) is 13.8 Å². The van der Waals surface area contributed by atoms with Crippen LogP contribution in [0.1, 0.15) is 11.1 Å². The highest BCUT2D eigenvalue weighted by atomic mass is 35.5. The molecule has 0 atom stereocenters. The monoisotopic (exact) mass is 335 g/mol. The van der Waals surface area contributed by atoms with Crippen LogP contribution in [0.25, 0.3) is 33.7 Å². The predicted molar refractivity (Wildman–Crippen MR) is 96.8 cm³/mol. The van der Waals surface area contributed by atoms with Gasteiger partial charge in [0.05, 0.1) is 5.56 Å². The number of hydrogen-bond donors (Lipinski definition) is 0. The molecule has 0 spiro atoms. The molecule has 0 aromatic heterocycles. The summed E-state index contributed by atoms with van der Waals surface area (Å²) < 4.78 is 6.08. The summed E-state index contributed by atoms with van der Waals surface area (Å²) in [5.41, 5.74) is 4.95. The normalized spacial score (nSPS) is 11.3. The van der Waals surface area contributed by atoms with Gasteiger partial charge in [0, 0.05) is 10.6 Å². The van der Waals surface area contributed by atoms with Crippen LogP contribution in [0.2, 0.25) is 5.02 Å². The van der Waals surface area contributed by atoms with E-state index < -0.39 is 0 Å². The van der Waals surface area contributed by atoms with Crippen molar-refractivity contribution in [1.29, 1.82) is 0 Å². The minimum Gasteiger partial charge on any atom is -0.452 e. The topological polar surface area (TPSA) is 43.1 Å². The highest BCUT2D eigenvalue weighted by Crippen LogP contribution is 2.35. The fourth-order valence-corrected chi connectivity index (χ4v) is 3.03. The van der Waals surface area contributed by atoms with Crippen molar-refractivity contribution >= 4 is 22.7 Å². The molecule has 4 rings (SSSR count). The first-order valence-electron chi connectivity index (χ1n) is 7.65. The molecule has 0 fully saturated rings. The van der Waals surface area contributed by atoms with E-state index in [0.29, 0.717) is 27.5 Å². The van der Waals surface area contributed by atoms with E-state index in [0.717, 1.165) is 22.3 Å². The van der Waals surface area contributed by atoms with Gasteiger partial charge in [0.15, 0.2) is 16.8 Å². The summed E-state index contributed by atoms with van der Waals surface area (Å²) in [7, 11) is 0. The number of rotatable bonds is 1. The maximum atomic E-state index is 12.9. The zero-order valence-electron chi connectivity index (χ0n) is 13.3. The fraction of sp³-hybridized carbons (Fsp3) is 0.100. The van der Waals surface area contributed by atoms with Crippen molar-refractivity contribution in [2.75, 3.05) is 0 Å². The van der Waals surface area contributed by atoms with Gasteiger partial charge in [-0.05, 0) is 49.2 Å². The molecular weight excluding hydrogens is 322 g/mol. The Kier molecular flexibility index (Phi) is 3.39. The zero-order chi connectivity index (χ0) is 16.8. The Balaban J connectivity index is 2.18. The Labute approximate surface area is 143 Å². The maximum Gasteiger partial charge on any atom is 0.193 e. The van der Waals surface area contributed by atoms with Crippen molar-refractivity contribution in [2.24, 2.45) is 0 Å². The van der Waals surface area contributed by atoms with E-state index in [9.17, 15) is 4.79 Å². The third kappa shape index (κ3) is 2.21. The Hall–Kier alpha value is -2.65. The Bertz CT molecular complexity index is 1100. The Morgan fingerprint density at radius 1 is 0.958 bits per heavy atom. The van der Waals surface area contributed by atoms with Gasteiger partial charge in [-0.1, -0.05) is 35.9 Å². The van der Waals surface area contributed by atoms with Crippen LogP contribution in [0.5, 0.6) is 0 Å². The predicted octanol–water partition coefficient (Wildman–Crippen LogP) is 5.23. The number of hydrogen-bond acceptors (Lipinski definition) is 3. The van der Waals surface area contributed by atoms with Gasteiger partial charge in [-0.25, -0.2) is 4.98 Å². The molecule has 0 unspecified atom stereocenters. The van der Waals surface area contributed by atoms with Gasteiger partial charge in [0.1, 0.15) is 11.2 Å². The van der Waals surface area contributed by atoms with E-state index in [-0.39, 0.29) is 5.43 Å². The molecular formula is C20H14ClNO2. The average Bonchev–Trinajstić information content (AvgIpc) is 2.60. The van der Waals surface area contributed by atoms with E-state index in [4.69, 9.17) is 21.0 Å². The van der Waals surface area contributed by atoms with Crippen LogP contribution in [0.15, 0.2) is 57.7 Å². The Morgan fingerprint density at radius 3 is 2.42 bits per heavy atom. The van der Waals surface area contributed by atoms with Crippen LogP contribution in [-0.4, -0.2) is 4.98 Å². The first kappa shape index (κ1) is 14.9. The average molecular weight is 336 g/mol. The molecule has 0 amide bonds. The smallest absolute Gasteiger partial charge is 0.193 e. The number of benzene rings is 3. The van der Waals surface area contributed by atoms with Crippen molar-refractivity contribution in [3.63, 3.8) is 0 Å². The summed E-state index contributed by atoms with van der Waals surface area (Å²) in [4.78, 5) is 17.6. The molecule has 0 N–H and O–H groups in total. The number of halogens is 1. The molecule has 0 bridgehead atoms. The van der Waals surface area contributed by atoms with Crippen LogP contribution >= 0.6 is 11.6 Å². The van der Waals surface area contributed by atoms with Gasteiger partial charge in [0.2, 0.25) is 0 Å². The largest absolute Gasteiger partial charge is 0.452 e. The Morgan fingerprint density at radius 2 is 1.67 bits per heavy atom. The number of fused-ring (bicyclic) bond motifs is 2. The molecule has 1 heterocycles. The summed E-state index contributed by atoms with van der Waals surface area (Å²) >= 11 is 5.98. The molecule has 1 aliphatic carbocycles. The van der Waals surface area contributed by atoms with Crippen LogP contribution in [0.4, 0.5) is 0 Å². The van der Waals surface area contributed by atoms with Crippen molar-refractivity contribution in [3.05, 3.63) is 74.9 Å². The molecule has 24 heavy (non-hydrogen) atoms. The molecule has 1 aliphatic heterocycles. The second-order valence-corrected chi connectivity index (χ2v) is 6.26. The molecule has 0 saturated heterocycles. The second-order valence-electron chi connectivity index (χ2n) is 5.82. The molecule has 0 radical (unpaired) electrons. The van der Waals surface area contributed by atoms with Gasteiger partial charge in [-0.2, -0.15) is 0 Å². The van der Waals surface area contributed by atoms with Crippen molar-refractivity contribution in [1.82, 2.24) is 4.98 Å². The highest BCUT2D eigenvalue weighted by Gasteiger charge is 2.23. The molecule has 0 saturated carbocycles. The van der Waals surface area contributed by atoms with Crippen molar-refractivity contribution in [3.8, 4) is 22.6 Å². The molecule has 2 aliphatic rings. The van der Waals surface area contributed by atoms with Gasteiger partial charge < -0.3 is 4.42 Å². The van der Waals surface area contributed by atoms with E-state index in [1.807, 2.05) is 50.2 Å². The zero-order valence-corrected chi connectivity index (χ0v) is 14.0. The van der Waals surface area contributed by atoms with Crippen molar-refractivity contribution in [2.45, 2.75) is 13.8 Å². The van der Waals surface area contributed by atoms with Gasteiger partial charge >= 0.3 is 0 Å². The lowest BCUT2D eigenvalue weighted by atomic mass is 9.94. The second kappa shape index (κ2) is 5.46. The minimum atomic E-state index is -0.0387. The third-order valence-corrected chi connectivity index (χ3v) is 4.62. The minimum absolute atomic E-state index is 0.0387. The van der Waals surface area contributed by atoms with Crippen LogP contribution < -0.4 is 5.43 Å². The lowest BCUT2D eigenvalue weighted by Gasteiger charge is -2.15. The molecule has 2 aromatic carbocycles. The number of para-hydroxylation sites is 2. The highest BCUT2D eigenvalue weighted by molar-refractivity contribution is 6.30. The molecule has 3 nitrogen and oxygen atoms in total. The summed E-state index contributed by atoms with van der Waals surface area (Å²) in [6.45, 7) is 3.73. The van der Waals surface area contributed by atoms with Gasteiger partial charge in [-0.3, -0.25) is 4.79 Å². The maximum absolute atomic E-state index is 12.9. The standard InChI is InChI=1S/C20H14ClNO2/c1-11-12(2)19(23)17(13-7-9-14(21)10-8-13)20-18(11)22-15-5-3-4-6-16(15)24-20/h3-10H,1-2H3. The summed E-state index contributed by atoms with van der Waals surface area (Å²) in [6.07, 6.45) is 0. The first-order chi connectivity index (χ1) is 11.6. The lowest BCUT2D eigenvalue weighted by molar-refractivity contribution is 0.613. The summed E-state index contributed by atoms with van der Waals surface area (Å²) in [5.74, 6) is 0.518. The molecule has 4 heteroatoms. The van der Waals surface area contributed by atoms with Crippen LogP contribution in [-0.2, 0) is 0 Å². The van der Waals surface area contributed by atoms with Gasteiger partial charge in [-0.15, -0.1) is 0 Å². The van der Waals surface area contributed by atoms with E-state index >= 15 is 0 Å². The number of nitrogens with zero attached hydrogens (tertiary/aromatic N) is 1. The van der Waals surface area contributed by atoms with E-state index in [1.165, 1.54) is 0 Å². The summed E-state index contributed by atoms with van der Waals surface area (Å²) in [6, 6.07) is 14.8. The van der Waals surface area contributed by atoms with E-state index in [2.05, 4.69) is 0 Å². The number of aromatic nitrogens is 1. The van der Waals surface area contributed by atoms with Crippen molar-refractivity contribution < 1.29 is 4.42 Å². The van der Waals surface area contributed by atoms with E-state index in [1.54, 1.807) is 12.1 Å². The fourth-order valence-electron chi connectivity index (χ4n) is 2.91. The third-order valence-electron chi connectivity index (χ3n) is 4.37. The molecule has 2 aromatic rings. The van der Waals surface area contributed by atoms with Gasteiger partial charge in [0.25, 0.3) is 0 Å². The lowest BCUT2D eigenvalue weighted by Crippen LogP contribution is -2.14. The first-order valence-corrected chi connectivity index (χ1v) is 8.03. The summed E-state index contributed by atoms with van der Waals surface area (Å²) in [5, 5.41) is 0.625.